The highest BCUT2D eigenvalue weighted by molar-refractivity contribution is 7.99. The Labute approximate surface area is 322 Å². The van der Waals surface area contributed by atoms with E-state index in [9.17, 15) is 44.7 Å². The van der Waals surface area contributed by atoms with E-state index in [0.29, 0.717) is 30.3 Å². The molecule has 2 aromatic heterocycles. The number of hydrogen-bond acceptors (Lipinski definition) is 10. The maximum atomic E-state index is 12.2. The fraction of sp³-hybridized carbons (Fsp3) is 0.303. The summed E-state index contributed by atoms with van der Waals surface area (Å²) in [6, 6.07) is 12.4. The van der Waals surface area contributed by atoms with Crippen LogP contribution in [-0.4, -0.2) is 72.4 Å². The summed E-state index contributed by atoms with van der Waals surface area (Å²) in [6.07, 6.45) is 1.20. The molecule has 0 fully saturated rings. The van der Waals surface area contributed by atoms with Gasteiger partial charge in [0.1, 0.15) is 15.6 Å². The highest BCUT2D eigenvalue weighted by atomic mass is 35.5. The largest absolute Gasteiger partial charge is 0.478 e. The van der Waals surface area contributed by atoms with Crippen LogP contribution in [0.5, 0.6) is 0 Å². The number of anilines is 1. The van der Waals surface area contributed by atoms with Gasteiger partial charge in [-0.1, -0.05) is 43.1 Å². The van der Waals surface area contributed by atoms with E-state index in [-0.39, 0.29) is 22.0 Å². The molecule has 292 valence electrons. The van der Waals surface area contributed by atoms with Gasteiger partial charge in [0.05, 0.1) is 40.1 Å². The molecule has 13 nitrogen and oxygen atoms in total. The fourth-order valence-corrected chi connectivity index (χ4v) is 9.17. The van der Waals surface area contributed by atoms with E-state index in [0.717, 1.165) is 53.4 Å². The summed E-state index contributed by atoms with van der Waals surface area (Å²) in [4.78, 5) is 27.5. The molecule has 6 N–H and O–H groups in total. The van der Waals surface area contributed by atoms with Gasteiger partial charge >= 0.3 is 18.1 Å². The number of nitrogens with two attached hydrogens (primary N) is 1. The van der Waals surface area contributed by atoms with Gasteiger partial charge in [-0.3, -0.25) is 0 Å². The summed E-state index contributed by atoms with van der Waals surface area (Å²) in [5.74, 6) is -2.35. The third kappa shape index (κ3) is 12.0. The minimum absolute atomic E-state index is 0.0243. The first-order valence-electron chi connectivity index (χ1n) is 15.9. The highest BCUT2D eigenvalue weighted by Crippen LogP contribution is 2.34. The molecule has 0 radical (unpaired) electrons. The predicted octanol–water partition coefficient (Wildman–Crippen LogP) is 6.06. The van der Waals surface area contributed by atoms with Crippen molar-refractivity contribution in [3.8, 4) is 0 Å². The van der Waals surface area contributed by atoms with Gasteiger partial charge in [0, 0.05) is 35.6 Å². The molecular formula is C33H35ClF3N5O8S4. The number of sulfonamides is 2. The number of halogens is 4. The Balaban J connectivity index is 0.000000247. The van der Waals surface area contributed by atoms with Gasteiger partial charge < -0.3 is 20.1 Å². The Kier molecular flexibility index (Phi) is 14.4. The van der Waals surface area contributed by atoms with Crippen LogP contribution in [0.3, 0.4) is 0 Å². The number of imidazole rings is 1. The minimum atomic E-state index is -4.37. The van der Waals surface area contributed by atoms with Crippen molar-refractivity contribution in [2.75, 3.05) is 16.8 Å². The number of carbonyl (C=O) groups is 2. The number of aromatic nitrogens is 2. The molecule has 4 aromatic rings. The first kappa shape index (κ1) is 42.8. The van der Waals surface area contributed by atoms with Gasteiger partial charge in [0.15, 0.2) is 0 Å². The van der Waals surface area contributed by atoms with Crippen LogP contribution in [0.25, 0.3) is 6.08 Å². The number of aryl methyl sites for hydroxylation is 1. The molecule has 1 aliphatic heterocycles. The number of carboxylic acids is 2. The molecule has 21 heteroatoms. The number of fused-ring (bicyclic) bond motifs is 1. The van der Waals surface area contributed by atoms with Crippen molar-refractivity contribution in [1.29, 1.82) is 0 Å². The molecule has 1 atom stereocenters. The topological polar surface area (TPSA) is 211 Å². The second-order valence-electron chi connectivity index (χ2n) is 11.8. The van der Waals surface area contributed by atoms with Crippen molar-refractivity contribution in [2.24, 2.45) is 5.14 Å². The lowest BCUT2D eigenvalue weighted by atomic mass is 10.1. The fourth-order valence-electron chi connectivity index (χ4n) is 5.09. The second-order valence-corrected chi connectivity index (χ2v) is 17.5. The van der Waals surface area contributed by atoms with Crippen molar-refractivity contribution in [2.45, 2.75) is 61.3 Å². The molecule has 3 heterocycles. The summed E-state index contributed by atoms with van der Waals surface area (Å²) >= 11 is 7.80. The normalized spacial score (nSPS) is 15.4. The van der Waals surface area contributed by atoms with Gasteiger partial charge in [0.25, 0.3) is 0 Å². The summed E-state index contributed by atoms with van der Waals surface area (Å²) in [7, 11) is -8.38. The first-order valence-corrected chi connectivity index (χ1v) is 21.3. The Morgan fingerprint density at radius 3 is 2.44 bits per heavy atom. The molecule has 54 heavy (non-hydrogen) atoms. The van der Waals surface area contributed by atoms with Crippen molar-refractivity contribution in [1.82, 2.24) is 14.3 Å². The zero-order valence-electron chi connectivity index (χ0n) is 28.3. The third-order valence-corrected chi connectivity index (χ3v) is 12.5. The Bertz CT molecular complexity index is 2210. The quantitative estimate of drug-likeness (QED) is 0.0922. The zero-order chi connectivity index (χ0) is 39.8. The SMILES string of the molecule is CCCCc1ncc(/C=C(\Cc2cccs2)C(=O)O)n1Cc1ccc(C(=O)O)cc1.NS(=O)(=O)c1cc2c(cc1Cl)NC(CSCC(F)(F)F)NS2(=O)=O. The van der Waals surface area contributed by atoms with Crippen LogP contribution in [0.2, 0.25) is 5.02 Å². The molecule has 5 rings (SSSR count). The maximum Gasteiger partial charge on any atom is 0.397 e. The predicted molar refractivity (Wildman–Crippen MR) is 201 cm³/mol. The van der Waals surface area contributed by atoms with Crippen LogP contribution in [0.1, 0.15) is 52.1 Å². The molecule has 0 saturated carbocycles. The Morgan fingerprint density at radius 1 is 1.17 bits per heavy atom. The van der Waals surface area contributed by atoms with Gasteiger partial charge in [-0.2, -0.15) is 17.9 Å². The number of aromatic carboxylic acids is 1. The van der Waals surface area contributed by atoms with Crippen LogP contribution >= 0.6 is 34.7 Å². The van der Waals surface area contributed by atoms with E-state index in [1.54, 1.807) is 36.5 Å². The number of thiophene rings is 1. The molecule has 0 bridgehead atoms. The van der Waals surface area contributed by atoms with E-state index in [4.69, 9.17) is 21.8 Å². The van der Waals surface area contributed by atoms with Gasteiger partial charge in [-0.25, -0.2) is 36.5 Å². The maximum absolute atomic E-state index is 12.2. The number of nitrogens with one attached hydrogen (secondary N) is 2. The van der Waals surface area contributed by atoms with Crippen LogP contribution in [0.4, 0.5) is 18.9 Å². The number of rotatable bonds is 14. The van der Waals surface area contributed by atoms with Gasteiger partial charge in [-0.05, 0) is 53.8 Å². The molecule has 0 aliphatic carbocycles. The minimum Gasteiger partial charge on any atom is -0.478 e. The molecule has 0 spiro atoms. The standard InChI is InChI=1S/C23H24N2O4S.C10H11ClF3N3O4S3/c1-2-3-6-21-24-14-19(12-18(23(28)29)13-20-5-4-11-30-20)25(21)15-16-7-9-17(10-8-16)22(26)27;11-5-1-6-8(2-7(5)23(15,18)19)24(20,21)17-9(16-6)3-22-4-10(12,13)14/h4-5,7-12,14H,2-3,6,13,15H2,1H3,(H,26,27)(H,28,29);1-2,9,16-17H,3-4H2,(H2,15,18,19)/b18-12+;. The smallest absolute Gasteiger partial charge is 0.397 e. The molecular weight excluding hydrogens is 815 g/mol. The molecule has 1 aliphatic rings. The summed E-state index contributed by atoms with van der Waals surface area (Å²) in [5, 5.41) is 28.0. The van der Waals surface area contributed by atoms with Crippen LogP contribution in [0, 0.1) is 0 Å². The van der Waals surface area contributed by atoms with E-state index < -0.39 is 59.9 Å². The number of aliphatic carboxylic acids is 1. The van der Waals surface area contributed by atoms with E-state index >= 15 is 0 Å². The second kappa shape index (κ2) is 18.1. The highest BCUT2D eigenvalue weighted by Gasteiger charge is 2.33. The number of hydrogen-bond donors (Lipinski definition) is 5. The number of thioether (sulfide) groups is 1. The third-order valence-electron chi connectivity index (χ3n) is 7.61. The number of unbranched alkanes of at least 4 members (excludes halogenated alkanes) is 1. The van der Waals surface area contributed by atoms with Crippen molar-refractivity contribution < 1.29 is 49.8 Å². The van der Waals surface area contributed by atoms with Crippen LogP contribution in [-0.2, 0) is 44.2 Å². The van der Waals surface area contributed by atoms with E-state index in [2.05, 4.69) is 21.9 Å². The van der Waals surface area contributed by atoms with Crippen LogP contribution in [0.15, 0.2) is 75.5 Å². The van der Waals surface area contributed by atoms with E-state index in [1.807, 2.05) is 22.1 Å². The summed E-state index contributed by atoms with van der Waals surface area (Å²) < 4.78 is 87.7. The van der Waals surface area contributed by atoms with Gasteiger partial charge in [-0.15, -0.1) is 23.1 Å². The molecule has 0 amide bonds. The van der Waals surface area contributed by atoms with Gasteiger partial charge in [0.2, 0.25) is 20.0 Å². The lowest BCUT2D eigenvalue weighted by Gasteiger charge is -2.28. The number of benzene rings is 2. The average Bonchev–Trinajstić information content (AvgIpc) is 3.72. The number of carboxylic acid groups (broad SMARTS) is 2. The summed E-state index contributed by atoms with van der Waals surface area (Å²) in [6.45, 7) is 2.61. The van der Waals surface area contributed by atoms with Crippen molar-refractivity contribution in [3.63, 3.8) is 0 Å². The van der Waals surface area contributed by atoms with E-state index in [1.165, 1.54) is 11.3 Å². The zero-order valence-corrected chi connectivity index (χ0v) is 32.4. The van der Waals surface area contributed by atoms with Crippen LogP contribution < -0.4 is 15.2 Å². The molecule has 2 aromatic carbocycles. The molecule has 1 unspecified atom stereocenters. The summed E-state index contributed by atoms with van der Waals surface area (Å²) in [5.41, 5.74) is 2.18. The molecule has 0 saturated heterocycles. The first-order chi connectivity index (χ1) is 25.3. The monoisotopic (exact) mass is 849 g/mol. The van der Waals surface area contributed by atoms with Crippen molar-refractivity contribution in [3.05, 3.63) is 98.2 Å². The number of primary sulfonamides is 1. The lowest BCUT2D eigenvalue weighted by Crippen LogP contribution is -2.46. The Hall–Kier alpha value is -3.92. The number of alkyl halides is 3. The Morgan fingerprint density at radius 2 is 1.87 bits per heavy atom. The number of nitrogens with zero attached hydrogens (tertiary/aromatic N) is 2. The lowest BCUT2D eigenvalue weighted by molar-refractivity contribution is -0.132. The van der Waals surface area contributed by atoms with Crippen molar-refractivity contribution >= 4 is 78.4 Å². The average molecular weight is 850 g/mol.